The summed E-state index contributed by atoms with van der Waals surface area (Å²) < 4.78 is 56.1. The van der Waals surface area contributed by atoms with Crippen LogP contribution in [0.3, 0.4) is 0 Å². The average Bonchev–Trinajstić information content (AvgIpc) is 3.39. The third-order valence-corrected chi connectivity index (χ3v) is 5.28. The molecule has 1 amide bonds. The first-order valence-electron chi connectivity index (χ1n) is 10.2. The Hall–Kier alpha value is -3.68. The van der Waals surface area contributed by atoms with E-state index in [4.69, 9.17) is 12.2 Å². The topological polar surface area (TPSA) is 101 Å². The Bertz CT molecular complexity index is 1210. The Morgan fingerprint density at radius 2 is 2.00 bits per heavy atom. The van der Waals surface area contributed by atoms with Crippen LogP contribution in [0.1, 0.15) is 35.4 Å². The summed E-state index contributed by atoms with van der Waals surface area (Å²) in [6, 6.07) is 6.91. The molecule has 0 aliphatic carbocycles. The van der Waals surface area contributed by atoms with Crippen LogP contribution in [0.5, 0.6) is 0 Å². The summed E-state index contributed by atoms with van der Waals surface area (Å²) in [5.41, 5.74) is 4.98. The van der Waals surface area contributed by atoms with Crippen LogP contribution in [-0.2, 0) is 6.54 Å². The van der Waals surface area contributed by atoms with Crippen molar-refractivity contribution in [2.24, 2.45) is 0 Å². The van der Waals surface area contributed by atoms with Crippen molar-refractivity contribution in [2.45, 2.75) is 38.1 Å². The fraction of sp³-hybridized carbons (Fsp3) is 0.300. The normalized spacial score (nSPS) is 17.4. The third-order valence-electron chi connectivity index (χ3n) is 5.07. The van der Waals surface area contributed by atoms with Gasteiger partial charge in [-0.2, -0.15) is 23.4 Å². The zero-order valence-electron chi connectivity index (χ0n) is 17.7. The average molecular weight is 496 g/mol. The van der Waals surface area contributed by atoms with Gasteiger partial charge in [-0.15, -0.1) is 0 Å². The summed E-state index contributed by atoms with van der Waals surface area (Å²) in [5.74, 6) is -0.676. The van der Waals surface area contributed by atoms with Crippen molar-refractivity contribution < 1.29 is 22.4 Å². The van der Waals surface area contributed by atoms with Crippen molar-refractivity contribution in [1.82, 2.24) is 30.4 Å². The molecular formula is C20H20F4N8OS. The number of anilines is 2. The molecule has 1 aromatic carbocycles. The predicted molar refractivity (Wildman–Crippen MR) is 120 cm³/mol. The van der Waals surface area contributed by atoms with Gasteiger partial charge in [-0.05, 0) is 31.6 Å². The fourth-order valence-corrected chi connectivity index (χ4v) is 3.67. The number of hydrazine groups is 1. The molecule has 0 saturated heterocycles. The van der Waals surface area contributed by atoms with E-state index < -0.39 is 24.2 Å². The Morgan fingerprint density at radius 1 is 1.24 bits per heavy atom. The zero-order valence-corrected chi connectivity index (χ0v) is 18.5. The van der Waals surface area contributed by atoms with Crippen LogP contribution in [0.2, 0.25) is 0 Å². The molecule has 0 saturated carbocycles. The van der Waals surface area contributed by atoms with Crippen molar-refractivity contribution >= 4 is 34.9 Å². The van der Waals surface area contributed by atoms with E-state index in [1.165, 1.54) is 16.8 Å². The number of aromatic nitrogens is 4. The van der Waals surface area contributed by atoms with Gasteiger partial charge in [0.05, 0.1) is 6.54 Å². The Balaban J connectivity index is 1.33. The van der Waals surface area contributed by atoms with Gasteiger partial charge in [0, 0.05) is 29.9 Å². The van der Waals surface area contributed by atoms with E-state index in [1.807, 2.05) is 0 Å². The summed E-state index contributed by atoms with van der Waals surface area (Å²) in [6.45, 7) is 1.83. The van der Waals surface area contributed by atoms with Crippen molar-refractivity contribution in [3.63, 3.8) is 0 Å². The van der Waals surface area contributed by atoms with Gasteiger partial charge in [0.1, 0.15) is 11.6 Å². The number of rotatable bonds is 4. The maximum atomic E-state index is 13.8. The van der Waals surface area contributed by atoms with Crippen LogP contribution in [0.25, 0.3) is 0 Å². The molecule has 0 fully saturated rings. The molecule has 1 aliphatic rings. The molecule has 3 aromatic rings. The molecule has 9 nitrogen and oxygen atoms in total. The number of fused-ring (bicyclic) bond motifs is 1. The summed E-state index contributed by atoms with van der Waals surface area (Å²) in [5, 5.41) is 13.6. The lowest BCUT2D eigenvalue weighted by Crippen LogP contribution is -2.44. The van der Waals surface area contributed by atoms with Gasteiger partial charge in [0.25, 0.3) is 5.91 Å². The van der Waals surface area contributed by atoms with E-state index in [1.54, 1.807) is 37.4 Å². The van der Waals surface area contributed by atoms with Crippen LogP contribution < -0.4 is 21.5 Å². The number of benzene rings is 1. The lowest BCUT2D eigenvalue weighted by atomic mass is 10.1. The number of halogens is 4. The Labute approximate surface area is 196 Å². The summed E-state index contributed by atoms with van der Waals surface area (Å²) in [7, 11) is 0. The van der Waals surface area contributed by atoms with Crippen LogP contribution in [0.15, 0.2) is 42.6 Å². The van der Waals surface area contributed by atoms with Gasteiger partial charge in [-0.1, -0.05) is 18.2 Å². The van der Waals surface area contributed by atoms with Crippen molar-refractivity contribution in [2.75, 3.05) is 10.6 Å². The van der Waals surface area contributed by atoms with Crippen LogP contribution in [0.4, 0.5) is 29.2 Å². The summed E-state index contributed by atoms with van der Waals surface area (Å²) in [6.07, 6.45) is -3.07. The van der Waals surface area contributed by atoms with Crippen molar-refractivity contribution in [3.05, 3.63) is 59.7 Å². The highest BCUT2D eigenvalue weighted by atomic mass is 32.1. The molecule has 0 radical (unpaired) electrons. The van der Waals surface area contributed by atoms with Gasteiger partial charge in [0.15, 0.2) is 22.7 Å². The van der Waals surface area contributed by atoms with Gasteiger partial charge in [-0.3, -0.25) is 20.3 Å². The summed E-state index contributed by atoms with van der Waals surface area (Å²) >= 11 is 5.10. The molecule has 34 heavy (non-hydrogen) atoms. The number of carbonyl (C=O) groups excluding carboxylic acids is 1. The van der Waals surface area contributed by atoms with E-state index >= 15 is 0 Å². The molecule has 14 heteroatoms. The van der Waals surface area contributed by atoms with Gasteiger partial charge in [-0.25, -0.2) is 9.07 Å². The Morgan fingerprint density at radius 3 is 2.74 bits per heavy atom. The number of nitrogens with zero attached hydrogens (tertiary/aromatic N) is 4. The van der Waals surface area contributed by atoms with E-state index in [0.29, 0.717) is 11.4 Å². The standard InChI is InChI=1S/C20H20F4N8OS/c1-11-8-15(20(22,23)24)32-17(25-11)9-14(29-32)18(33)27-28-19(34)26-16-6-7-31(30-16)10-12-4-2-3-5-13(12)21/h2-7,9,11,15,25H,8,10H2,1H3,(H,27,33)(H2,26,28,30,34). The molecule has 3 heterocycles. The monoisotopic (exact) mass is 496 g/mol. The highest BCUT2D eigenvalue weighted by molar-refractivity contribution is 7.80. The van der Waals surface area contributed by atoms with Crippen LogP contribution in [-0.4, -0.2) is 42.8 Å². The quantitative estimate of drug-likeness (QED) is 0.250. The molecule has 4 rings (SSSR count). The number of hydrogen-bond acceptors (Lipinski definition) is 5. The first kappa shape index (κ1) is 23.5. The maximum absolute atomic E-state index is 13.8. The molecule has 2 unspecified atom stereocenters. The van der Waals surface area contributed by atoms with Gasteiger partial charge < -0.3 is 10.6 Å². The molecule has 1 aliphatic heterocycles. The highest BCUT2D eigenvalue weighted by Crippen LogP contribution is 2.39. The minimum Gasteiger partial charge on any atom is -0.368 e. The molecular weight excluding hydrogens is 476 g/mol. The van der Waals surface area contributed by atoms with Crippen molar-refractivity contribution in [3.8, 4) is 0 Å². The number of amides is 1. The van der Waals surface area contributed by atoms with Crippen LogP contribution in [0, 0.1) is 5.82 Å². The largest absolute Gasteiger partial charge is 0.410 e. The first-order chi connectivity index (χ1) is 16.1. The van der Waals surface area contributed by atoms with Crippen LogP contribution >= 0.6 is 12.2 Å². The zero-order chi connectivity index (χ0) is 24.5. The van der Waals surface area contributed by atoms with Crippen molar-refractivity contribution in [1.29, 1.82) is 0 Å². The minimum absolute atomic E-state index is 0.0200. The molecule has 4 N–H and O–H groups in total. The second kappa shape index (κ2) is 9.29. The SMILES string of the molecule is CC1CC(C(F)(F)F)n2nc(C(=O)NNC(=S)Nc3ccn(Cc4ccccc4F)n3)cc2N1. The van der Waals surface area contributed by atoms with E-state index in [2.05, 4.69) is 31.7 Å². The Kier molecular flexibility index (Phi) is 6.41. The van der Waals surface area contributed by atoms with E-state index in [9.17, 15) is 22.4 Å². The molecule has 180 valence electrons. The molecule has 0 spiro atoms. The third kappa shape index (κ3) is 5.27. The second-order valence-corrected chi connectivity index (χ2v) is 8.13. The van der Waals surface area contributed by atoms with E-state index in [0.717, 1.165) is 4.68 Å². The van der Waals surface area contributed by atoms with Gasteiger partial charge >= 0.3 is 6.18 Å². The smallest absolute Gasteiger partial charge is 0.368 e. The number of carbonyl (C=O) groups is 1. The lowest BCUT2D eigenvalue weighted by molar-refractivity contribution is -0.173. The predicted octanol–water partition coefficient (Wildman–Crippen LogP) is 3.21. The lowest BCUT2D eigenvalue weighted by Gasteiger charge is -2.31. The number of hydrogen-bond donors (Lipinski definition) is 4. The number of nitrogens with one attached hydrogen (secondary N) is 4. The maximum Gasteiger partial charge on any atom is 0.410 e. The highest BCUT2D eigenvalue weighted by Gasteiger charge is 2.45. The minimum atomic E-state index is -4.50. The summed E-state index contributed by atoms with van der Waals surface area (Å²) in [4.78, 5) is 12.4. The molecule has 0 bridgehead atoms. The fourth-order valence-electron chi connectivity index (χ4n) is 3.51. The second-order valence-electron chi connectivity index (χ2n) is 7.72. The number of thiocarbonyl (C=S) groups is 1. The van der Waals surface area contributed by atoms with Gasteiger partial charge in [0.2, 0.25) is 0 Å². The first-order valence-corrected chi connectivity index (χ1v) is 10.6. The van der Waals surface area contributed by atoms with E-state index in [-0.39, 0.29) is 35.4 Å². The number of alkyl halides is 3. The molecule has 2 atom stereocenters. The molecule has 2 aromatic heterocycles.